The molecule has 0 bridgehead atoms. The van der Waals surface area contributed by atoms with Crippen LogP contribution in [0, 0.1) is 0 Å². The summed E-state index contributed by atoms with van der Waals surface area (Å²) in [6, 6.07) is 10.0. The molecule has 0 saturated carbocycles. The molecule has 0 aliphatic heterocycles. The SMILES string of the molecule is CCc1cc2c(SCCCn3c(=O)[nH]c4ccccc43)ncnc2s1. The maximum atomic E-state index is 12.1. The zero-order valence-electron chi connectivity index (χ0n) is 13.9. The Morgan fingerprint density at radius 1 is 1.28 bits per heavy atom. The van der Waals surface area contributed by atoms with Gasteiger partial charge in [-0.3, -0.25) is 4.57 Å². The molecule has 3 aromatic heterocycles. The molecule has 3 heterocycles. The number of aryl methyl sites for hydroxylation is 2. The zero-order valence-corrected chi connectivity index (χ0v) is 15.5. The Kier molecular flexibility index (Phi) is 4.59. The number of rotatable bonds is 6. The lowest BCUT2D eigenvalue weighted by atomic mass is 10.3. The van der Waals surface area contributed by atoms with Crippen LogP contribution in [0.4, 0.5) is 0 Å². The molecule has 4 aromatic rings. The Labute approximate surface area is 153 Å². The number of nitrogens with zero attached hydrogens (tertiary/aromatic N) is 3. The molecule has 0 unspecified atom stereocenters. The van der Waals surface area contributed by atoms with E-state index in [1.807, 2.05) is 28.8 Å². The summed E-state index contributed by atoms with van der Waals surface area (Å²) in [7, 11) is 0. The van der Waals surface area contributed by atoms with Crippen LogP contribution in [0.15, 0.2) is 46.5 Å². The second kappa shape index (κ2) is 7.01. The molecule has 0 spiro atoms. The first-order valence-corrected chi connectivity index (χ1v) is 10.1. The Hall–Kier alpha value is -2.12. The standard InChI is InChI=1S/C18H18N4OS2/c1-2-12-10-13-16(19-11-20-17(13)25-12)24-9-5-8-22-15-7-4-3-6-14(15)21-18(22)23/h3-4,6-7,10-11H,2,5,8-9H2,1H3,(H,21,23). The molecule has 0 fully saturated rings. The van der Waals surface area contributed by atoms with Crippen LogP contribution in [-0.2, 0) is 13.0 Å². The molecule has 1 aromatic carbocycles. The van der Waals surface area contributed by atoms with Crippen LogP contribution in [0.2, 0.25) is 0 Å². The molecule has 0 atom stereocenters. The molecule has 128 valence electrons. The predicted octanol–water partition coefficient (Wildman–Crippen LogP) is 4.08. The number of para-hydroxylation sites is 2. The first kappa shape index (κ1) is 16.4. The average molecular weight is 371 g/mol. The first-order valence-electron chi connectivity index (χ1n) is 8.30. The van der Waals surface area contributed by atoms with Gasteiger partial charge in [-0.1, -0.05) is 19.1 Å². The summed E-state index contributed by atoms with van der Waals surface area (Å²) < 4.78 is 1.81. The minimum Gasteiger partial charge on any atom is -0.306 e. The molecule has 0 saturated heterocycles. The number of benzene rings is 1. The van der Waals surface area contributed by atoms with Gasteiger partial charge in [0.25, 0.3) is 0 Å². The third kappa shape index (κ3) is 3.21. The molecule has 0 radical (unpaired) electrons. The summed E-state index contributed by atoms with van der Waals surface area (Å²) in [4.78, 5) is 26.2. The third-order valence-corrected chi connectivity index (χ3v) is 6.42. The molecule has 4 rings (SSSR count). The van der Waals surface area contributed by atoms with Crippen molar-refractivity contribution >= 4 is 44.3 Å². The van der Waals surface area contributed by atoms with Crippen LogP contribution in [0.25, 0.3) is 21.3 Å². The minimum absolute atomic E-state index is 0.0407. The van der Waals surface area contributed by atoms with Crippen LogP contribution in [0.3, 0.4) is 0 Å². The van der Waals surface area contributed by atoms with E-state index in [1.54, 1.807) is 29.4 Å². The van der Waals surface area contributed by atoms with Gasteiger partial charge in [-0.2, -0.15) is 0 Å². The molecule has 7 heteroatoms. The lowest BCUT2D eigenvalue weighted by molar-refractivity contribution is 0.679. The average Bonchev–Trinajstić information content (AvgIpc) is 3.19. The van der Waals surface area contributed by atoms with E-state index in [1.165, 1.54) is 4.88 Å². The highest BCUT2D eigenvalue weighted by Gasteiger charge is 2.09. The fraction of sp³-hybridized carbons (Fsp3) is 0.278. The number of aromatic amines is 1. The Balaban J connectivity index is 1.45. The normalized spacial score (nSPS) is 11.6. The smallest absolute Gasteiger partial charge is 0.306 e. The highest BCUT2D eigenvalue weighted by molar-refractivity contribution is 7.99. The monoisotopic (exact) mass is 370 g/mol. The first-order chi connectivity index (χ1) is 12.3. The van der Waals surface area contributed by atoms with E-state index in [0.717, 1.165) is 44.9 Å². The van der Waals surface area contributed by atoms with Gasteiger partial charge in [0.05, 0.1) is 11.0 Å². The minimum atomic E-state index is -0.0407. The van der Waals surface area contributed by atoms with E-state index in [4.69, 9.17) is 0 Å². The van der Waals surface area contributed by atoms with E-state index in [0.29, 0.717) is 6.54 Å². The number of thiophene rings is 1. The highest BCUT2D eigenvalue weighted by atomic mass is 32.2. The van der Waals surface area contributed by atoms with Gasteiger partial charge in [0.2, 0.25) is 0 Å². The van der Waals surface area contributed by atoms with Crippen molar-refractivity contribution < 1.29 is 0 Å². The maximum absolute atomic E-state index is 12.1. The van der Waals surface area contributed by atoms with Crippen molar-refractivity contribution in [3.05, 3.63) is 52.0 Å². The number of H-pyrrole nitrogens is 1. The van der Waals surface area contributed by atoms with Crippen LogP contribution < -0.4 is 5.69 Å². The fourth-order valence-electron chi connectivity index (χ4n) is 2.89. The number of hydrogen-bond acceptors (Lipinski definition) is 5. The Morgan fingerprint density at radius 2 is 2.16 bits per heavy atom. The van der Waals surface area contributed by atoms with Gasteiger partial charge in [0.15, 0.2) is 0 Å². The van der Waals surface area contributed by atoms with Crippen LogP contribution in [0.5, 0.6) is 0 Å². The molecule has 1 N–H and O–H groups in total. The van der Waals surface area contributed by atoms with Crippen molar-refractivity contribution in [2.45, 2.75) is 31.3 Å². The molecule has 5 nitrogen and oxygen atoms in total. The van der Waals surface area contributed by atoms with E-state index in [2.05, 4.69) is 27.9 Å². The summed E-state index contributed by atoms with van der Waals surface area (Å²) in [5.74, 6) is 0.912. The second-order valence-corrected chi connectivity index (χ2v) is 7.96. The molecule has 0 aliphatic carbocycles. The summed E-state index contributed by atoms with van der Waals surface area (Å²) in [6.45, 7) is 2.86. The van der Waals surface area contributed by atoms with Crippen LogP contribution in [-0.4, -0.2) is 25.3 Å². The quantitative estimate of drug-likeness (QED) is 0.316. The van der Waals surface area contributed by atoms with Gasteiger partial charge in [0.1, 0.15) is 16.2 Å². The van der Waals surface area contributed by atoms with Crippen molar-refractivity contribution in [2.24, 2.45) is 0 Å². The molecule has 25 heavy (non-hydrogen) atoms. The van der Waals surface area contributed by atoms with Gasteiger partial charge in [0, 0.05) is 22.6 Å². The number of fused-ring (bicyclic) bond motifs is 2. The Bertz CT molecular complexity index is 1080. The lowest BCUT2D eigenvalue weighted by Gasteiger charge is -2.04. The third-order valence-electron chi connectivity index (χ3n) is 4.14. The zero-order chi connectivity index (χ0) is 17.2. The Morgan fingerprint density at radius 3 is 3.04 bits per heavy atom. The van der Waals surface area contributed by atoms with Crippen LogP contribution >= 0.6 is 23.1 Å². The van der Waals surface area contributed by atoms with Crippen molar-refractivity contribution in [3.8, 4) is 0 Å². The summed E-state index contributed by atoms with van der Waals surface area (Å²) in [5, 5.41) is 2.19. The summed E-state index contributed by atoms with van der Waals surface area (Å²) in [6.07, 6.45) is 3.57. The molecule has 0 amide bonds. The van der Waals surface area contributed by atoms with Gasteiger partial charge < -0.3 is 4.98 Å². The number of hydrogen-bond donors (Lipinski definition) is 1. The van der Waals surface area contributed by atoms with Crippen LogP contribution in [0.1, 0.15) is 18.2 Å². The number of aromatic nitrogens is 4. The number of thioether (sulfide) groups is 1. The van der Waals surface area contributed by atoms with E-state index >= 15 is 0 Å². The predicted molar refractivity (Wildman–Crippen MR) is 105 cm³/mol. The number of imidazole rings is 1. The number of nitrogens with one attached hydrogen (secondary N) is 1. The highest BCUT2D eigenvalue weighted by Crippen LogP contribution is 2.31. The lowest BCUT2D eigenvalue weighted by Crippen LogP contribution is -2.17. The van der Waals surface area contributed by atoms with E-state index in [-0.39, 0.29) is 5.69 Å². The van der Waals surface area contributed by atoms with Gasteiger partial charge in [-0.05, 0) is 31.0 Å². The van der Waals surface area contributed by atoms with Crippen molar-refractivity contribution in [1.29, 1.82) is 0 Å². The van der Waals surface area contributed by atoms with Gasteiger partial charge in [-0.25, -0.2) is 14.8 Å². The van der Waals surface area contributed by atoms with Crippen molar-refractivity contribution in [3.63, 3.8) is 0 Å². The maximum Gasteiger partial charge on any atom is 0.326 e. The van der Waals surface area contributed by atoms with E-state index in [9.17, 15) is 4.79 Å². The van der Waals surface area contributed by atoms with Gasteiger partial charge in [-0.15, -0.1) is 23.1 Å². The van der Waals surface area contributed by atoms with Crippen molar-refractivity contribution in [2.75, 3.05) is 5.75 Å². The molecular weight excluding hydrogens is 352 g/mol. The topological polar surface area (TPSA) is 63.6 Å². The molecule has 0 aliphatic rings. The largest absolute Gasteiger partial charge is 0.326 e. The van der Waals surface area contributed by atoms with E-state index < -0.39 is 0 Å². The van der Waals surface area contributed by atoms with Gasteiger partial charge >= 0.3 is 5.69 Å². The summed E-state index contributed by atoms with van der Waals surface area (Å²) in [5.41, 5.74) is 1.82. The summed E-state index contributed by atoms with van der Waals surface area (Å²) >= 11 is 3.47. The second-order valence-electron chi connectivity index (χ2n) is 5.76. The fourth-order valence-corrected chi connectivity index (χ4v) is 4.79. The van der Waals surface area contributed by atoms with Crippen molar-refractivity contribution in [1.82, 2.24) is 19.5 Å². The molecular formula is C18H18N4OS2.